The normalized spacial score (nSPS) is 23.5. The Kier molecular flexibility index (Phi) is 5.66. The first-order valence-electron chi connectivity index (χ1n) is 6.67. The number of hydrogen-bond donors (Lipinski definition) is 0. The largest absolute Gasteiger partial charge is 0.291 e. The highest BCUT2D eigenvalue weighted by atomic mass is 35.5. The molecule has 0 aliphatic carbocycles. The third-order valence-electron chi connectivity index (χ3n) is 3.17. The van der Waals surface area contributed by atoms with Gasteiger partial charge in [0.1, 0.15) is 5.69 Å². The molecule has 106 valence electrons. The number of Topliss-reactive ketones (excluding diaryl/α,β-unsaturated/α-hetero) is 1. The van der Waals surface area contributed by atoms with Crippen LogP contribution in [-0.4, -0.2) is 37.6 Å². The van der Waals surface area contributed by atoms with Crippen LogP contribution < -0.4 is 0 Å². The van der Waals surface area contributed by atoms with Crippen LogP contribution in [0.15, 0.2) is 6.20 Å². The summed E-state index contributed by atoms with van der Waals surface area (Å²) in [6.45, 7) is 4.97. The highest BCUT2D eigenvalue weighted by molar-refractivity contribution is 8.07. The van der Waals surface area contributed by atoms with E-state index in [0.29, 0.717) is 16.0 Å². The molecule has 2 unspecified atom stereocenters. The third kappa shape index (κ3) is 3.31. The number of hydrogen-bond acceptors (Lipinski definition) is 4. The molecule has 19 heavy (non-hydrogen) atoms. The standard InChI is InChI=1S/C13H19ClN2OS2/c1-3-5-16-11(9(14)8-15-16)12(17)13-10(4-2)18-6-7-19-13/h8,10,13H,3-7H2,1-2H3. The number of rotatable bonds is 5. The summed E-state index contributed by atoms with van der Waals surface area (Å²) in [6.07, 6.45) is 3.56. The Balaban J connectivity index is 2.24. The summed E-state index contributed by atoms with van der Waals surface area (Å²) < 4.78 is 1.76. The number of aromatic nitrogens is 2. The molecular formula is C13H19ClN2OS2. The maximum Gasteiger partial charge on any atom is 0.196 e. The molecule has 1 aromatic rings. The number of ketones is 1. The van der Waals surface area contributed by atoms with Crippen molar-refractivity contribution in [2.45, 2.75) is 43.7 Å². The minimum absolute atomic E-state index is 0.0218. The molecule has 0 saturated carbocycles. The van der Waals surface area contributed by atoms with Gasteiger partial charge in [-0.3, -0.25) is 9.48 Å². The minimum atomic E-state index is 0.0218. The number of carbonyl (C=O) groups excluding carboxylic acids is 1. The number of halogens is 1. The van der Waals surface area contributed by atoms with Crippen molar-refractivity contribution < 1.29 is 4.79 Å². The first-order valence-corrected chi connectivity index (χ1v) is 9.15. The quantitative estimate of drug-likeness (QED) is 0.774. The Hall–Kier alpha value is -0.130. The van der Waals surface area contributed by atoms with Gasteiger partial charge in [-0.15, -0.1) is 11.8 Å². The van der Waals surface area contributed by atoms with Gasteiger partial charge in [0, 0.05) is 23.3 Å². The average molecular weight is 319 g/mol. The SMILES string of the molecule is CCCn1ncc(Cl)c1C(=O)C1SCCSC1CC. The molecule has 0 amide bonds. The molecule has 2 rings (SSSR count). The second-order valence-corrected chi connectivity index (χ2v) is 7.54. The molecule has 0 aromatic carbocycles. The Morgan fingerprint density at radius 2 is 2.21 bits per heavy atom. The molecule has 2 atom stereocenters. The number of thioether (sulfide) groups is 2. The lowest BCUT2D eigenvalue weighted by Gasteiger charge is -2.28. The fourth-order valence-electron chi connectivity index (χ4n) is 2.27. The van der Waals surface area contributed by atoms with Crippen LogP contribution in [0.2, 0.25) is 5.02 Å². The Labute approximate surface area is 127 Å². The predicted molar refractivity (Wildman–Crippen MR) is 84.6 cm³/mol. The molecule has 1 fully saturated rings. The first kappa shape index (κ1) is 15.3. The summed E-state index contributed by atoms with van der Waals surface area (Å²) >= 11 is 9.84. The lowest BCUT2D eigenvalue weighted by Crippen LogP contribution is -2.34. The summed E-state index contributed by atoms with van der Waals surface area (Å²) in [5.74, 6) is 2.33. The fourth-order valence-corrected chi connectivity index (χ4v) is 5.51. The maximum atomic E-state index is 12.8. The number of aryl methyl sites for hydroxylation is 1. The summed E-state index contributed by atoms with van der Waals surface area (Å²) in [6, 6.07) is 0. The van der Waals surface area contributed by atoms with Crippen molar-refractivity contribution in [1.82, 2.24) is 9.78 Å². The zero-order valence-electron chi connectivity index (χ0n) is 11.3. The highest BCUT2D eigenvalue weighted by Crippen LogP contribution is 2.36. The van der Waals surface area contributed by atoms with Crippen molar-refractivity contribution in [3.63, 3.8) is 0 Å². The highest BCUT2D eigenvalue weighted by Gasteiger charge is 2.34. The number of nitrogens with zero attached hydrogens (tertiary/aromatic N) is 2. The van der Waals surface area contributed by atoms with Crippen molar-refractivity contribution in [3.05, 3.63) is 16.9 Å². The van der Waals surface area contributed by atoms with E-state index in [2.05, 4.69) is 18.9 Å². The molecular weight excluding hydrogens is 300 g/mol. The van der Waals surface area contributed by atoms with E-state index in [4.69, 9.17) is 11.6 Å². The molecule has 6 heteroatoms. The smallest absolute Gasteiger partial charge is 0.196 e. The van der Waals surface area contributed by atoms with Gasteiger partial charge in [-0.05, 0) is 12.8 Å². The van der Waals surface area contributed by atoms with Crippen molar-refractivity contribution in [2.75, 3.05) is 11.5 Å². The summed E-state index contributed by atoms with van der Waals surface area (Å²) in [7, 11) is 0. The maximum absolute atomic E-state index is 12.8. The first-order chi connectivity index (χ1) is 9.19. The van der Waals surface area contributed by atoms with Crippen LogP contribution in [0.4, 0.5) is 0 Å². The van der Waals surface area contributed by atoms with E-state index in [1.54, 1.807) is 22.6 Å². The topological polar surface area (TPSA) is 34.9 Å². The van der Waals surface area contributed by atoms with Gasteiger partial charge in [-0.25, -0.2) is 0 Å². The zero-order valence-corrected chi connectivity index (χ0v) is 13.7. The van der Waals surface area contributed by atoms with Gasteiger partial charge in [-0.1, -0.05) is 25.4 Å². The van der Waals surface area contributed by atoms with Crippen LogP contribution in [0.3, 0.4) is 0 Å². The van der Waals surface area contributed by atoms with E-state index in [0.717, 1.165) is 30.9 Å². The summed E-state index contributed by atoms with van der Waals surface area (Å²) in [5.41, 5.74) is 0.599. The molecule has 3 nitrogen and oxygen atoms in total. The second kappa shape index (κ2) is 7.04. The lowest BCUT2D eigenvalue weighted by molar-refractivity contribution is 0.0977. The Bertz CT molecular complexity index is 450. The van der Waals surface area contributed by atoms with Gasteiger partial charge in [0.05, 0.1) is 16.5 Å². The molecule has 1 saturated heterocycles. The van der Waals surface area contributed by atoms with Crippen LogP contribution in [0.1, 0.15) is 37.2 Å². The third-order valence-corrected chi connectivity index (χ3v) is 6.70. The second-order valence-electron chi connectivity index (χ2n) is 4.54. The van der Waals surface area contributed by atoms with E-state index >= 15 is 0 Å². The van der Waals surface area contributed by atoms with E-state index in [-0.39, 0.29) is 11.0 Å². The van der Waals surface area contributed by atoms with Gasteiger partial charge in [0.25, 0.3) is 0 Å². The Morgan fingerprint density at radius 3 is 2.89 bits per heavy atom. The number of carbonyl (C=O) groups is 1. The van der Waals surface area contributed by atoms with Crippen LogP contribution in [0.25, 0.3) is 0 Å². The van der Waals surface area contributed by atoms with Gasteiger partial charge in [-0.2, -0.15) is 16.9 Å². The van der Waals surface area contributed by atoms with E-state index in [9.17, 15) is 4.79 Å². The van der Waals surface area contributed by atoms with Crippen LogP contribution in [0.5, 0.6) is 0 Å². The van der Waals surface area contributed by atoms with Crippen molar-refractivity contribution in [1.29, 1.82) is 0 Å². The molecule has 1 aliphatic rings. The Morgan fingerprint density at radius 1 is 1.47 bits per heavy atom. The molecule has 1 aliphatic heterocycles. The van der Waals surface area contributed by atoms with Crippen molar-refractivity contribution >= 4 is 40.9 Å². The van der Waals surface area contributed by atoms with Gasteiger partial charge >= 0.3 is 0 Å². The molecule has 1 aromatic heterocycles. The molecule has 2 heterocycles. The van der Waals surface area contributed by atoms with Crippen molar-refractivity contribution in [2.24, 2.45) is 0 Å². The van der Waals surface area contributed by atoms with E-state index in [1.165, 1.54) is 0 Å². The summed E-state index contributed by atoms with van der Waals surface area (Å²) in [4.78, 5) is 12.8. The van der Waals surface area contributed by atoms with E-state index < -0.39 is 0 Å². The fraction of sp³-hybridized carbons (Fsp3) is 0.692. The molecule has 0 N–H and O–H groups in total. The molecule has 0 radical (unpaired) electrons. The average Bonchev–Trinajstić information content (AvgIpc) is 2.79. The summed E-state index contributed by atoms with van der Waals surface area (Å²) in [5, 5.41) is 5.13. The van der Waals surface area contributed by atoms with Crippen molar-refractivity contribution in [3.8, 4) is 0 Å². The molecule has 0 bridgehead atoms. The van der Waals surface area contributed by atoms with Gasteiger partial charge < -0.3 is 0 Å². The van der Waals surface area contributed by atoms with Crippen LogP contribution in [-0.2, 0) is 6.54 Å². The minimum Gasteiger partial charge on any atom is -0.291 e. The molecule has 0 spiro atoms. The zero-order chi connectivity index (χ0) is 13.8. The van der Waals surface area contributed by atoms with E-state index in [1.807, 2.05) is 11.8 Å². The lowest BCUT2D eigenvalue weighted by atomic mass is 10.1. The van der Waals surface area contributed by atoms with Gasteiger partial charge in [0.2, 0.25) is 0 Å². The monoisotopic (exact) mass is 318 g/mol. The van der Waals surface area contributed by atoms with Crippen LogP contribution >= 0.6 is 35.1 Å². The predicted octanol–water partition coefficient (Wildman–Crippen LogP) is 3.76. The van der Waals surface area contributed by atoms with Crippen LogP contribution in [0, 0.1) is 0 Å². The van der Waals surface area contributed by atoms with Gasteiger partial charge in [0.15, 0.2) is 5.78 Å².